The number of nitrogens with two attached hydrogens (primary N) is 1. The van der Waals surface area contributed by atoms with Gasteiger partial charge in [-0.25, -0.2) is 0 Å². The summed E-state index contributed by atoms with van der Waals surface area (Å²) in [5.74, 6) is 0.836. The summed E-state index contributed by atoms with van der Waals surface area (Å²) in [4.78, 5) is 0. The molecule has 0 aliphatic rings. The summed E-state index contributed by atoms with van der Waals surface area (Å²) < 4.78 is 6.71. The van der Waals surface area contributed by atoms with Crippen LogP contribution in [0.1, 0.15) is 24.1 Å². The standard InChI is InChI=1S/C15H16BrNO/c1-11(17)13-7-8-15(14(16)9-13)18-10-12-5-3-2-4-6-12/h2-9,11H,10,17H2,1H3/t11-/m1/s1. The molecule has 0 saturated carbocycles. The van der Waals surface area contributed by atoms with E-state index < -0.39 is 0 Å². The van der Waals surface area contributed by atoms with Gasteiger partial charge in [0.15, 0.2) is 0 Å². The van der Waals surface area contributed by atoms with Crippen LogP contribution in [0.25, 0.3) is 0 Å². The Morgan fingerprint density at radius 3 is 2.50 bits per heavy atom. The Labute approximate surface area is 116 Å². The highest BCUT2D eigenvalue weighted by atomic mass is 79.9. The van der Waals surface area contributed by atoms with Crippen LogP contribution in [0.3, 0.4) is 0 Å². The van der Waals surface area contributed by atoms with Gasteiger partial charge in [-0.3, -0.25) is 0 Å². The van der Waals surface area contributed by atoms with E-state index in [2.05, 4.69) is 15.9 Å². The van der Waals surface area contributed by atoms with Crippen LogP contribution in [0, 0.1) is 0 Å². The lowest BCUT2D eigenvalue weighted by Crippen LogP contribution is -2.05. The molecule has 0 aliphatic heterocycles. The molecule has 2 N–H and O–H groups in total. The number of hydrogen-bond donors (Lipinski definition) is 1. The van der Waals surface area contributed by atoms with Crippen molar-refractivity contribution in [1.82, 2.24) is 0 Å². The van der Waals surface area contributed by atoms with E-state index in [4.69, 9.17) is 10.5 Å². The molecule has 0 radical (unpaired) electrons. The quantitative estimate of drug-likeness (QED) is 0.925. The van der Waals surface area contributed by atoms with Crippen LogP contribution in [0.5, 0.6) is 5.75 Å². The Morgan fingerprint density at radius 2 is 1.89 bits per heavy atom. The van der Waals surface area contributed by atoms with Gasteiger partial charge in [-0.15, -0.1) is 0 Å². The molecule has 0 bridgehead atoms. The summed E-state index contributed by atoms with van der Waals surface area (Å²) in [6.45, 7) is 2.53. The monoisotopic (exact) mass is 305 g/mol. The van der Waals surface area contributed by atoms with Crippen molar-refractivity contribution in [2.75, 3.05) is 0 Å². The average Bonchev–Trinajstić information content (AvgIpc) is 2.38. The molecule has 0 amide bonds. The maximum atomic E-state index is 5.84. The molecule has 0 heterocycles. The molecule has 3 heteroatoms. The van der Waals surface area contributed by atoms with Gasteiger partial charge in [0.05, 0.1) is 4.47 Å². The lowest BCUT2D eigenvalue weighted by Gasteiger charge is -2.11. The highest BCUT2D eigenvalue weighted by Crippen LogP contribution is 2.28. The minimum atomic E-state index is 0.0319. The van der Waals surface area contributed by atoms with Gasteiger partial charge in [0, 0.05) is 6.04 Å². The lowest BCUT2D eigenvalue weighted by atomic mass is 10.1. The minimum Gasteiger partial charge on any atom is -0.488 e. The van der Waals surface area contributed by atoms with Gasteiger partial charge in [-0.05, 0) is 46.1 Å². The molecule has 2 aromatic rings. The average molecular weight is 306 g/mol. The molecule has 0 fully saturated rings. The highest BCUT2D eigenvalue weighted by Gasteiger charge is 2.05. The van der Waals surface area contributed by atoms with E-state index in [1.165, 1.54) is 0 Å². The fourth-order valence-corrected chi connectivity index (χ4v) is 2.16. The predicted molar refractivity (Wildman–Crippen MR) is 77.5 cm³/mol. The Balaban J connectivity index is 2.06. The largest absolute Gasteiger partial charge is 0.488 e. The Morgan fingerprint density at radius 1 is 1.17 bits per heavy atom. The van der Waals surface area contributed by atoms with Crippen molar-refractivity contribution in [3.63, 3.8) is 0 Å². The molecule has 0 spiro atoms. The van der Waals surface area contributed by atoms with Crippen molar-refractivity contribution in [2.45, 2.75) is 19.6 Å². The van der Waals surface area contributed by atoms with Crippen molar-refractivity contribution in [3.8, 4) is 5.75 Å². The molecule has 18 heavy (non-hydrogen) atoms. The van der Waals surface area contributed by atoms with E-state index in [9.17, 15) is 0 Å². The first-order valence-corrected chi connectivity index (χ1v) is 6.68. The van der Waals surface area contributed by atoms with Gasteiger partial charge in [0.25, 0.3) is 0 Å². The zero-order valence-electron chi connectivity index (χ0n) is 10.3. The van der Waals surface area contributed by atoms with E-state index in [0.29, 0.717) is 6.61 Å². The second-order valence-corrected chi connectivity index (χ2v) is 5.11. The number of hydrogen-bond acceptors (Lipinski definition) is 2. The van der Waals surface area contributed by atoms with Crippen LogP contribution in [0.15, 0.2) is 53.0 Å². The first-order valence-electron chi connectivity index (χ1n) is 5.88. The van der Waals surface area contributed by atoms with Gasteiger partial charge in [0.2, 0.25) is 0 Å². The fraction of sp³-hybridized carbons (Fsp3) is 0.200. The fourth-order valence-electron chi connectivity index (χ4n) is 1.65. The maximum absolute atomic E-state index is 5.84. The van der Waals surface area contributed by atoms with Crippen molar-refractivity contribution in [2.24, 2.45) is 5.73 Å². The van der Waals surface area contributed by atoms with Gasteiger partial charge < -0.3 is 10.5 Å². The third-order valence-electron chi connectivity index (χ3n) is 2.72. The van der Waals surface area contributed by atoms with Crippen molar-refractivity contribution in [3.05, 3.63) is 64.1 Å². The lowest BCUT2D eigenvalue weighted by molar-refractivity contribution is 0.304. The van der Waals surface area contributed by atoms with E-state index in [1.54, 1.807) is 0 Å². The van der Waals surface area contributed by atoms with E-state index >= 15 is 0 Å². The summed E-state index contributed by atoms with van der Waals surface area (Å²) in [5, 5.41) is 0. The number of ether oxygens (including phenoxy) is 1. The zero-order chi connectivity index (χ0) is 13.0. The van der Waals surface area contributed by atoms with Crippen LogP contribution in [-0.2, 0) is 6.61 Å². The number of rotatable bonds is 4. The van der Waals surface area contributed by atoms with Gasteiger partial charge in [-0.1, -0.05) is 36.4 Å². The maximum Gasteiger partial charge on any atom is 0.134 e. The molecule has 0 unspecified atom stereocenters. The van der Waals surface area contributed by atoms with Gasteiger partial charge >= 0.3 is 0 Å². The van der Waals surface area contributed by atoms with E-state index in [0.717, 1.165) is 21.3 Å². The summed E-state index contributed by atoms with van der Waals surface area (Å²) in [5.41, 5.74) is 8.08. The molecule has 0 aromatic heterocycles. The SMILES string of the molecule is C[C@@H](N)c1ccc(OCc2ccccc2)c(Br)c1. The summed E-state index contributed by atoms with van der Waals surface area (Å²) in [6, 6.07) is 16.1. The van der Waals surface area contributed by atoms with Crippen LogP contribution in [-0.4, -0.2) is 0 Å². The molecule has 0 aliphatic carbocycles. The number of halogens is 1. The van der Waals surface area contributed by atoms with Crippen molar-refractivity contribution in [1.29, 1.82) is 0 Å². The van der Waals surface area contributed by atoms with E-state index in [1.807, 2.05) is 55.5 Å². The van der Waals surface area contributed by atoms with Gasteiger partial charge in [0.1, 0.15) is 12.4 Å². The van der Waals surface area contributed by atoms with Crippen LogP contribution in [0.2, 0.25) is 0 Å². The molecular formula is C15H16BrNO. The smallest absolute Gasteiger partial charge is 0.134 e. The second-order valence-electron chi connectivity index (χ2n) is 4.25. The van der Waals surface area contributed by atoms with Crippen molar-refractivity contribution < 1.29 is 4.74 Å². The van der Waals surface area contributed by atoms with Crippen LogP contribution in [0.4, 0.5) is 0 Å². The topological polar surface area (TPSA) is 35.2 Å². The minimum absolute atomic E-state index is 0.0319. The highest BCUT2D eigenvalue weighted by molar-refractivity contribution is 9.10. The molecule has 94 valence electrons. The second kappa shape index (κ2) is 6.03. The molecule has 1 atom stereocenters. The number of benzene rings is 2. The normalized spacial score (nSPS) is 12.2. The van der Waals surface area contributed by atoms with Crippen LogP contribution < -0.4 is 10.5 Å². The Hall–Kier alpha value is -1.32. The summed E-state index contributed by atoms with van der Waals surface area (Å²) >= 11 is 3.51. The first-order chi connectivity index (χ1) is 8.66. The summed E-state index contributed by atoms with van der Waals surface area (Å²) in [6.07, 6.45) is 0. The first kappa shape index (κ1) is 13.1. The molecule has 2 rings (SSSR count). The zero-order valence-corrected chi connectivity index (χ0v) is 11.9. The Bertz CT molecular complexity index is 511. The Kier molecular flexibility index (Phi) is 4.39. The van der Waals surface area contributed by atoms with Crippen LogP contribution >= 0.6 is 15.9 Å². The molecule has 0 saturated heterocycles. The van der Waals surface area contributed by atoms with Crippen molar-refractivity contribution >= 4 is 15.9 Å². The molecular weight excluding hydrogens is 290 g/mol. The molecule has 2 aromatic carbocycles. The van der Waals surface area contributed by atoms with E-state index in [-0.39, 0.29) is 6.04 Å². The van der Waals surface area contributed by atoms with Gasteiger partial charge in [-0.2, -0.15) is 0 Å². The molecule has 2 nitrogen and oxygen atoms in total. The third kappa shape index (κ3) is 3.34. The third-order valence-corrected chi connectivity index (χ3v) is 3.34. The summed E-state index contributed by atoms with van der Waals surface area (Å²) in [7, 11) is 0. The predicted octanol–water partition coefficient (Wildman–Crippen LogP) is 4.05.